The van der Waals surface area contributed by atoms with Crippen molar-refractivity contribution < 1.29 is 9.53 Å². The van der Waals surface area contributed by atoms with Crippen LogP contribution in [0.1, 0.15) is 44.7 Å². The number of aromatic nitrogens is 1. The molecule has 1 aromatic heterocycles. The highest BCUT2D eigenvalue weighted by atomic mass is 16.6. The third kappa shape index (κ3) is 5.60. The highest BCUT2D eigenvalue weighted by molar-refractivity contribution is 5.84. The van der Waals surface area contributed by atoms with Crippen LogP contribution in [0.3, 0.4) is 0 Å². The van der Waals surface area contributed by atoms with Crippen LogP contribution in [0, 0.1) is 0 Å². The average Bonchev–Trinajstić information content (AvgIpc) is 2.54. The molecule has 0 saturated heterocycles. The zero-order valence-electron chi connectivity index (χ0n) is 15.0. The molecule has 1 atom stereocenters. The number of anilines is 1. The van der Waals surface area contributed by atoms with Gasteiger partial charge in [0.25, 0.3) is 0 Å². The van der Waals surface area contributed by atoms with Crippen LogP contribution in [-0.2, 0) is 4.74 Å². The number of carbonyl (C=O) groups excluding carboxylic acids is 1. The molecule has 0 bridgehead atoms. The molecule has 0 fully saturated rings. The molecule has 0 aliphatic heterocycles. The van der Waals surface area contributed by atoms with E-state index in [2.05, 4.69) is 22.2 Å². The van der Waals surface area contributed by atoms with Crippen LogP contribution in [0.4, 0.5) is 16.3 Å². The molecule has 3 N–H and O–H groups in total. The van der Waals surface area contributed by atoms with Gasteiger partial charge in [0.2, 0.25) is 0 Å². The van der Waals surface area contributed by atoms with Crippen molar-refractivity contribution in [1.29, 1.82) is 0 Å². The molecular formula is C19H24N4O2. The fourth-order valence-corrected chi connectivity index (χ4v) is 2.32. The summed E-state index contributed by atoms with van der Waals surface area (Å²) in [6.07, 6.45) is 2.48. The van der Waals surface area contributed by atoms with E-state index in [0.29, 0.717) is 11.5 Å². The predicted molar refractivity (Wildman–Crippen MR) is 100 cm³/mol. The van der Waals surface area contributed by atoms with E-state index in [1.807, 2.05) is 57.2 Å². The zero-order chi connectivity index (χ0) is 18.4. The minimum absolute atomic E-state index is 0.158. The number of benzene rings is 1. The van der Waals surface area contributed by atoms with Gasteiger partial charge >= 0.3 is 6.09 Å². The number of nitrogens with zero attached hydrogens (tertiary/aromatic N) is 2. The number of nitrogens with two attached hydrogens (primary N) is 1. The maximum absolute atomic E-state index is 11.8. The SMILES string of the molecule is CC(c1ccc(NC(=O)OC(C)(C)C)cc1)c1ccnc(N=CN)c1. The fourth-order valence-electron chi connectivity index (χ4n) is 2.32. The fraction of sp³-hybridized carbons (Fsp3) is 0.316. The van der Waals surface area contributed by atoms with Crippen LogP contribution in [0.2, 0.25) is 0 Å². The van der Waals surface area contributed by atoms with Gasteiger partial charge in [-0.25, -0.2) is 14.8 Å². The van der Waals surface area contributed by atoms with Crippen LogP contribution < -0.4 is 11.1 Å². The maximum atomic E-state index is 11.8. The Morgan fingerprint density at radius 1 is 1.24 bits per heavy atom. The summed E-state index contributed by atoms with van der Waals surface area (Å²) in [6.45, 7) is 7.58. The van der Waals surface area contributed by atoms with Crippen LogP contribution in [0.25, 0.3) is 0 Å². The maximum Gasteiger partial charge on any atom is 0.412 e. The van der Waals surface area contributed by atoms with Crippen LogP contribution >= 0.6 is 0 Å². The second-order valence-electron chi connectivity index (χ2n) is 6.70. The Hall–Kier alpha value is -2.89. The monoisotopic (exact) mass is 340 g/mol. The summed E-state index contributed by atoms with van der Waals surface area (Å²) >= 11 is 0. The number of aliphatic imine (C=N–C) groups is 1. The molecule has 2 rings (SSSR count). The van der Waals surface area contributed by atoms with Gasteiger partial charge < -0.3 is 10.5 Å². The summed E-state index contributed by atoms with van der Waals surface area (Å²) in [4.78, 5) is 19.9. The van der Waals surface area contributed by atoms with Gasteiger partial charge in [0.1, 0.15) is 5.60 Å². The summed E-state index contributed by atoms with van der Waals surface area (Å²) in [6, 6.07) is 11.5. The molecule has 1 aromatic carbocycles. The zero-order valence-corrected chi connectivity index (χ0v) is 15.0. The lowest BCUT2D eigenvalue weighted by Gasteiger charge is -2.20. The first-order valence-electron chi connectivity index (χ1n) is 8.08. The molecule has 0 saturated carbocycles. The molecule has 1 amide bonds. The van der Waals surface area contributed by atoms with Crippen LogP contribution in [0.5, 0.6) is 0 Å². The van der Waals surface area contributed by atoms with Crippen molar-refractivity contribution in [3.8, 4) is 0 Å². The Balaban J connectivity index is 2.09. The average molecular weight is 340 g/mol. The summed E-state index contributed by atoms with van der Waals surface area (Å²) in [5.74, 6) is 0.736. The van der Waals surface area contributed by atoms with Crippen molar-refractivity contribution in [2.24, 2.45) is 10.7 Å². The molecule has 6 nitrogen and oxygen atoms in total. The normalized spacial score (nSPS) is 12.8. The quantitative estimate of drug-likeness (QED) is 0.645. The molecule has 132 valence electrons. The Morgan fingerprint density at radius 2 is 1.92 bits per heavy atom. The lowest BCUT2D eigenvalue weighted by molar-refractivity contribution is 0.0636. The summed E-state index contributed by atoms with van der Waals surface area (Å²) in [5, 5.41) is 2.73. The molecule has 2 aromatic rings. The van der Waals surface area contributed by atoms with E-state index in [1.54, 1.807) is 6.20 Å². The first-order valence-corrected chi connectivity index (χ1v) is 8.08. The van der Waals surface area contributed by atoms with Gasteiger partial charge in [-0.2, -0.15) is 0 Å². The highest BCUT2D eigenvalue weighted by Crippen LogP contribution is 2.27. The van der Waals surface area contributed by atoms with Crippen molar-refractivity contribution in [2.45, 2.75) is 39.2 Å². The summed E-state index contributed by atoms with van der Waals surface area (Å²) < 4.78 is 5.24. The Morgan fingerprint density at radius 3 is 2.52 bits per heavy atom. The second-order valence-corrected chi connectivity index (χ2v) is 6.70. The highest BCUT2D eigenvalue weighted by Gasteiger charge is 2.16. The lowest BCUT2D eigenvalue weighted by Crippen LogP contribution is -2.27. The number of carbonyl (C=O) groups is 1. The first kappa shape index (κ1) is 18.4. The molecule has 0 aliphatic carbocycles. The molecule has 1 unspecified atom stereocenters. The van der Waals surface area contributed by atoms with Gasteiger partial charge in [0.15, 0.2) is 5.82 Å². The lowest BCUT2D eigenvalue weighted by atomic mass is 9.94. The van der Waals surface area contributed by atoms with E-state index >= 15 is 0 Å². The van der Waals surface area contributed by atoms with E-state index in [9.17, 15) is 4.79 Å². The van der Waals surface area contributed by atoms with E-state index < -0.39 is 11.7 Å². The van der Waals surface area contributed by atoms with E-state index in [0.717, 1.165) is 11.1 Å². The Labute approximate surface area is 148 Å². The number of rotatable bonds is 4. The Kier molecular flexibility index (Phi) is 5.75. The molecule has 6 heteroatoms. The van der Waals surface area contributed by atoms with Gasteiger partial charge in [0, 0.05) is 17.8 Å². The van der Waals surface area contributed by atoms with Gasteiger partial charge in [-0.15, -0.1) is 0 Å². The van der Waals surface area contributed by atoms with Gasteiger partial charge in [-0.3, -0.25) is 5.32 Å². The van der Waals surface area contributed by atoms with Crippen LogP contribution in [0.15, 0.2) is 47.6 Å². The number of pyridine rings is 1. The third-order valence-electron chi connectivity index (χ3n) is 3.53. The molecule has 0 aliphatic rings. The van der Waals surface area contributed by atoms with Crippen molar-refractivity contribution in [2.75, 3.05) is 5.32 Å². The number of ether oxygens (including phenoxy) is 1. The second kappa shape index (κ2) is 7.79. The van der Waals surface area contributed by atoms with Crippen molar-refractivity contribution in [3.05, 3.63) is 53.7 Å². The minimum Gasteiger partial charge on any atom is -0.444 e. The van der Waals surface area contributed by atoms with Crippen molar-refractivity contribution in [3.63, 3.8) is 0 Å². The van der Waals surface area contributed by atoms with E-state index in [4.69, 9.17) is 10.5 Å². The Bertz CT molecular complexity index is 749. The van der Waals surface area contributed by atoms with Gasteiger partial charge in [-0.1, -0.05) is 19.1 Å². The number of hydrogen-bond acceptors (Lipinski definition) is 4. The number of amides is 1. The van der Waals surface area contributed by atoms with Gasteiger partial charge in [0.05, 0.1) is 6.34 Å². The largest absolute Gasteiger partial charge is 0.444 e. The number of hydrogen-bond donors (Lipinski definition) is 2. The van der Waals surface area contributed by atoms with Crippen molar-refractivity contribution >= 4 is 23.9 Å². The molecule has 0 radical (unpaired) electrons. The standard InChI is InChI=1S/C19H24N4O2/c1-13(15-9-10-21-17(11-15)22-12-20)14-5-7-16(8-6-14)23-18(24)25-19(2,3)4/h5-13H,1-4H3,(H,23,24)(H2,20,21,22). The number of nitrogens with one attached hydrogen (secondary N) is 1. The minimum atomic E-state index is -0.524. The van der Waals surface area contributed by atoms with E-state index in [1.165, 1.54) is 6.34 Å². The smallest absolute Gasteiger partial charge is 0.412 e. The predicted octanol–water partition coefficient (Wildman–Crippen LogP) is 4.20. The van der Waals surface area contributed by atoms with E-state index in [-0.39, 0.29) is 5.92 Å². The first-order chi connectivity index (χ1) is 11.8. The van der Waals surface area contributed by atoms with Crippen molar-refractivity contribution in [1.82, 2.24) is 4.98 Å². The third-order valence-corrected chi connectivity index (χ3v) is 3.53. The molecule has 25 heavy (non-hydrogen) atoms. The summed E-state index contributed by atoms with van der Waals surface area (Å²) in [7, 11) is 0. The van der Waals surface area contributed by atoms with Crippen LogP contribution in [-0.4, -0.2) is 23.0 Å². The topological polar surface area (TPSA) is 89.6 Å². The molecular weight excluding hydrogens is 316 g/mol. The van der Waals surface area contributed by atoms with Gasteiger partial charge in [-0.05, 0) is 56.2 Å². The summed E-state index contributed by atoms with van der Waals surface area (Å²) in [5.41, 5.74) is 7.68. The molecule has 0 spiro atoms. The molecule has 1 heterocycles.